The number of carbonyl (C=O) groups excluding carboxylic acids is 3. The summed E-state index contributed by atoms with van der Waals surface area (Å²) in [6.07, 6.45) is 1.95. The fourth-order valence-corrected chi connectivity index (χ4v) is 3.20. The minimum atomic E-state index is -1.12. The molecule has 2 N–H and O–H groups in total. The quantitative estimate of drug-likeness (QED) is 0.377. The van der Waals surface area contributed by atoms with Crippen LogP contribution in [0.4, 0.5) is 0 Å². The summed E-state index contributed by atoms with van der Waals surface area (Å²) >= 11 is 0. The van der Waals surface area contributed by atoms with E-state index in [0.29, 0.717) is 16.7 Å². The van der Waals surface area contributed by atoms with Gasteiger partial charge in [0.1, 0.15) is 5.69 Å². The Morgan fingerprint density at radius 3 is 2.34 bits per heavy atom. The van der Waals surface area contributed by atoms with Crippen molar-refractivity contribution in [1.82, 2.24) is 9.97 Å². The number of para-hydroxylation sites is 1. The highest BCUT2D eigenvalue weighted by molar-refractivity contribution is 6.11. The van der Waals surface area contributed by atoms with Crippen molar-refractivity contribution in [2.24, 2.45) is 0 Å². The third kappa shape index (κ3) is 3.60. The number of esters is 1. The van der Waals surface area contributed by atoms with Gasteiger partial charge in [0.2, 0.25) is 5.78 Å². The Labute approximate surface area is 166 Å². The third-order valence-electron chi connectivity index (χ3n) is 4.73. The van der Waals surface area contributed by atoms with Crippen LogP contribution >= 0.6 is 0 Å². The first-order valence-electron chi connectivity index (χ1n) is 9.10. The number of hydrogen-bond donors (Lipinski definition) is 2. The van der Waals surface area contributed by atoms with Gasteiger partial charge in [-0.05, 0) is 19.1 Å². The van der Waals surface area contributed by atoms with E-state index in [2.05, 4.69) is 9.97 Å². The predicted molar refractivity (Wildman–Crippen MR) is 108 cm³/mol. The van der Waals surface area contributed by atoms with Crippen LogP contribution in [-0.2, 0) is 4.74 Å². The summed E-state index contributed by atoms with van der Waals surface area (Å²) in [4.78, 5) is 43.3. The molecule has 2 aromatic heterocycles. The normalized spacial score (nSPS) is 11.9. The summed E-state index contributed by atoms with van der Waals surface area (Å²) < 4.78 is 5.61. The van der Waals surface area contributed by atoms with Crippen LogP contribution in [0.5, 0.6) is 0 Å². The first kappa shape index (κ1) is 18.4. The number of hydrogen-bond acceptors (Lipinski definition) is 4. The molecule has 2 aromatic carbocycles. The van der Waals surface area contributed by atoms with Crippen LogP contribution in [-0.4, -0.2) is 27.5 Å². The Hall–Kier alpha value is -3.93. The van der Waals surface area contributed by atoms with Crippen LogP contribution in [0.2, 0.25) is 0 Å². The molecule has 1 atom stereocenters. The summed E-state index contributed by atoms with van der Waals surface area (Å²) in [5.74, 6) is -1.21. The molecule has 6 nitrogen and oxygen atoms in total. The summed E-state index contributed by atoms with van der Waals surface area (Å²) in [5.41, 5.74) is 2.32. The van der Waals surface area contributed by atoms with Crippen molar-refractivity contribution >= 4 is 28.4 Å². The van der Waals surface area contributed by atoms with Gasteiger partial charge in [0.05, 0.1) is 0 Å². The van der Waals surface area contributed by atoms with Crippen LogP contribution in [0.1, 0.15) is 49.8 Å². The van der Waals surface area contributed by atoms with E-state index in [0.717, 1.165) is 10.9 Å². The number of ether oxygens (including phenoxy) is 1. The third-order valence-corrected chi connectivity index (χ3v) is 4.73. The van der Waals surface area contributed by atoms with Gasteiger partial charge in [-0.1, -0.05) is 48.5 Å². The molecule has 0 unspecified atom stereocenters. The maximum atomic E-state index is 13.3. The number of aromatic nitrogens is 2. The highest BCUT2D eigenvalue weighted by Crippen LogP contribution is 2.28. The van der Waals surface area contributed by atoms with Crippen molar-refractivity contribution in [1.29, 1.82) is 0 Å². The topological polar surface area (TPSA) is 92.0 Å². The fourth-order valence-electron chi connectivity index (χ4n) is 3.20. The van der Waals surface area contributed by atoms with Crippen LogP contribution in [0, 0.1) is 0 Å². The van der Waals surface area contributed by atoms with Crippen molar-refractivity contribution in [2.45, 2.75) is 13.0 Å². The highest BCUT2D eigenvalue weighted by Gasteiger charge is 2.29. The first-order valence-corrected chi connectivity index (χ1v) is 9.10. The summed E-state index contributed by atoms with van der Waals surface area (Å²) in [7, 11) is 0. The lowest BCUT2D eigenvalue weighted by Crippen LogP contribution is -2.20. The lowest BCUT2D eigenvalue weighted by atomic mass is 9.99. The number of ketones is 2. The van der Waals surface area contributed by atoms with E-state index in [9.17, 15) is 14.4 Å². The molecule has 0 amide bonds. The number of carbonyl (C=O) groups is 3. The van der Waals surface area contributed by atoms with Gasteiger partial charge in [-0.25, -0.2) is 4.79 Å². The average Bonchev–Trinajstić information content (AvgIpc) is 3.39. The maximum absolute atomic E-state index is 13.3. The summed E-state index contributed by atoms with van der Waals surface area (Å²) in [5, 5.41) is 0.758. The molecule has 2 heterocycles. The minimum absolute atomic E-state index is 0.114. The molecular formula is C23H18N2O4. The van der Waals surface area contributed by atoms with E-state index in [1.54, 1.807) is 30.5 Å². The van der Waals surface area contributed by atoms with Crippen molar-refractivity contribution in [3.63, 3.8) is 0 Å². The summed E-state index contributed by atoms with van der Waals surface area (Å²) in [6, 6.07) is 17.7. The molecule has 0 saturated heterocycles. The van der Waals surface area contributed by atoms with Crippen LogP contribution in [0.25, 0.3) is 10.9 Å². The predicted octanol–water partition coefficient (Wildman–Crippen LogP) is 4.48. The second-order valence-corrected chi connectivity index (χ2v) is 6.67. The lowest BCUT2D eigenvalue weighted by Gasteiger charge is -2.16. The molecule has 0 bridgehead atoms. The first-order chi connectivity index (χ1) is 14.0. The molecule has 6 heteroatoms. The number of nitrogens with one attached hydrogen (secondary N) is 2. The number of aromatic amines is 2. The van der Waals surface area contributed by atoms with Crippen LogP contribution in [0.3, 0.4) is 0 Å². The molecule has 0 fully saturated rings. The number of H-pyrrole nitrogens is 2. The smallest absolute Gasteiger partial charge is 0.355 e. The van der Waals surface area contributed by atoms with E-state index in [1.807, 2.05) is 30.3 Å². The monoisotopic (exact) mass is 386 g/mol. The average molecular weight is 386 g/mol. The molecule has 144 valence electrons. The van der Waals surface area contributed by atoms with Gasteiger partial charge in [0, 0.05) is 40.0 Å². The van der Waals surface area contributed by atoms with E-state index < -0.39 is 12.1 Å². The molecule has 0 spiro atoms. The summed E-state index contributed by atoms with van der Waals surface area (Å²) in [6.45, 7) is 1.41. The Balaban J connectivity index is 1.69. The largest absolute Gasteiger partial charge is 0.444 e. The van der Waals surface area contributed by atoms with Gasteiger partial charge in [-0.2, -0.15) is 0 Å². The number of fused-ring (bicyclic) bond motifs is 1. The van der Waals surface area contributed by atoms with E-state index >= 15 is 0 Å². The van der Waals surface area contributed by atoms with Crippen molar-refractivity contribution in [3.05, 3.63) is 95.4 Å². The molecule has 0 aliphatic heterocycles. The van der Waals surface area contributed by atoms with Gasteiger partial charge in [-0.3, -0.25) is 9.59 Å². The van der Waals surface area contributed by atoms with Gasteiger partial charge < -0.3 is 14.7 Å². The van der Waals surface area contributed by atoms with Crippen molar-refractivity contribution in [3.8, 4) is 0 Å². The van der Waals surface area contributed by atoms with Crippen molar-refractivity contribution in [2.75, 3.05) is 0 Å². The Morgan fingerprint density at radius 1 is 0.897 bits per heavy atom. The molecule has 4 aromatic rings. The second kappa shape index (κ2) is 7.59. The van der Waals surface area contributed by atoms with E-state index in [-0.39, 0.29) is 17.3 Å². The van der Waals surface area contributed by atoms with E-state index in [4.69, 9.17) is 4.74 Å². The van der Waals surface area contributed by atoms with Crippen molar-refractivity contribution < 1.29 is 19.1 Å². The van der Waals surface area contributed by atoms with E-state index in [1.165, 1.54) is 19.2 Å². The second-order valence-electron chi connectivity index (χ2n) is 6.67. The van der Waals surface area contributed by atoms with Gasteiger partial charge in [0.25, 0.3) is 0 Å². The maximum Gasteiger partial charge on any atom is 0.355 e. The molecule has 29 heavy (non-hydrogen) atoms. The Morgan fingerprint density at radius 2 is 1.62 bits per heavy atom. The molecule has 0 saturated carbocycles. The van der Waals surface area contributed by atoms with Gasteiger partial charge in [-0.15, -0.1) is 0 Å². The van der Waals surface area contributed by atoms with Crippen LogP contribution in [0.15, 0.2) is 73.1 Å². The minimum Gasteiger partial charge on any atom is -0.444 e. The van der Waals surface area contributed by atoms with Gasteiger partial charge >= 0.3 is 5.97 Å². The SMILES string of the molecule is CC(=O)c1c[nH]c(C(=O)O[C@@H](C(=O)c2c[nH]c3ccccc23)c2ccccc2)c1. The Kier molecular flexibility index (Phi) is 4.83. The zero-order valence-electron chi connectivity index (χ0n) is 15.6. The number of rotatable bonds is 6. The van der Waals surface area contributed by atoms with Crippen LogP contribution < -0.4 is 0 Å². The zero-order valence-corrected chi connectivity index (χ0v) is 15.6. The highest BCUT2D eigenvalue weighted by atomic mass is 16.5. The molecule has 0 radical (unpaired) electrons. The molecule has 4 rings (SSSR count). The number of Topliss-reactive ketones (excluding diaryl/α,β-unsaturated/α-hetero) is 2. The molecule has 0 aliphatic rings. The molecule has 0 aliphatic carbocycles. The lowest BCUT2D eigenvalue weighted by molar-refractivity contribution is 0.0275. The fraction of sp³-hybridized carbons (Fsp3) is 0.0870. The number of benzene rings is 2. The Bertz CT molecular complexity index is 1200. The zero-order chi connectivity index (χ0) is 20.4. The molecular weight excluding hydrogens is 368 g/mol. The standard InChI is InChI=1S/C23H18N2O4/c1-14(26)16-11-20(24-12-16)23(28)29-22(15-7-3-2-4-8-15)21(27)18-13-25-19-10-6-5-9-17(18)19/h2-13,22,24-25H,1H3/t22-/m1/s1. The van der Waals surface area contributed by atoms with Gasteiger partial charge in [0.15, 0.2) is 11.9 Å².